The van der Waals surface area contributed by atoms with E-state index >= 15 is 0 Å². The minimum Gasteiger partial charge on any atom is -0.376 e. The molecule has 20 heavy (non-hydrogen) atoms. The van der Waals surface area contributed by atoms with Gasteiger partial charge in [-0.1, -0.05) is 0 Å². The van der Waals surface area contributed by atoms with Gasteiger partial charge < -0.3 is 19.9 Å². The standard InChI is InChI=1S/C16H31N3O/c1-2-8-19(7-1)14-15-3-9-18(10-4-15)11-5-16-13-17-6-12-20-16/h15-17H,1-14H2. The molecule has 0 aliphatic carbocycles. The van der Waals surface area contributed by atoms with Crippen LogP contribution in [0.2, 0.25) is 0 Å². The Balaban J connectivity index is 1.29. The summed E-state index contributed by atoms with van der Waals surface area (Å²) in [6.45, 7) is 10.9. The van der Waals surface area contributed by atoms with Crippen molar-refractivity contribution in [3.63, 3.8) is 0 Å². The second-order valence-corrected chi connectivity index (χ2v) is 6.78. The molecule has 3 saturated heterocycles. The van der Waals surface area contributed by atoms with Gasteiger partial charge in [0, 0.05) is 26.2 Å². The molecular formula is C16H31N3O. The third-order valence-corrected chi connectivity index (χ3v) is 5.19. The van der Waals surface area contributed by atoms with Crippen molar-refractivity contribution >= 4 is 0 Å². The molecule has 0 bridgehead atoms. The van der Waals surface area contributed by atoms with E-state index in [1.807, 2.05) is 0 Å². The fourth-order valence-electron chi connectivity index (χ4n) is 3.85. The summed E-state index contributed by atoms with van der Waals surface area (Å²) in [5.41, 5.74) is 0. The number of nitrogens with one attached hydrogen (secondary N) is 1. The Morgan fingerprint density at radius 3 is 2.50 bits per heavy atom. The van der Waals surface area contributed by atoms with E-state index in [1.165, 1.54) is 71.4 Å². The van der Waals surface area contributed by atoms with Gasteiger partial charge in [0.25, 0.3) is 0 Å². The number of ether oxygens (including phenoxy) is 1. The zero-order valence-corrected chi connectivity index (χ0v) is 12.9. The van der Waals surface area contributed by atoms with Crippen LogP contribution in [0.15, 0.2) is 0 Å². The lowest BCUT2D eigenvalue weighted by Gasteiger charge is -2.35. The van der Waals surface area contributed by atoms with Crippen LogP contribution >= 0.6 is 0 Å². The van der Waals surface area contributed by atoms with E-state index in [9.17, 15) is 0 Å². The predicted molar refractivity (Wildman–Crippen MR) is 82.1 cm³/mol. The third kappa shape index (κ3) is 4.42. The molecule has 0 aromatic heterocycles. The zero-order valence-electron chi connectivity index (χ0n) is 12.9. The Morgan fingerprint density at radius 2 is 1.80 bits per heavy atom. The highest BCUT2D eigenvalue weighted by Crippen LogP contribution is 2.21. The Bertz CT molecular complexity index is 267. The maximum atomic E-state index is 5.78. The quantitative estimate of drug-likeness (QED) is 0.819. The lowest BCUT2D eigenvalue weighted by molar-refractivity contribution is 0.0148. The van der Waals surface area contributed by atoms with Gasteiger partial charge >= 0.3 is 0 Å². The van der Waals surface area contributed by atoms with Crippen LogP contribution in [-0.2, 0) is 4.74 Å². The number of likely N-dealkylation sites (tertiary alicyclic amines) is 2. The molecule has 3 rings (SSSR count). The maximum Gasteiger partial charge on any atom is 0.0712 e. The molecule has 1 N–H and O–H groups in total. The van der Waals surface area contributed by atoms with Gasteiger partial charge in [-0.25, -0.2) is 0 Å². The lowest BCUT2D eigenvalue weighted by atomic mass is 9.96. The summed E-state index contributed by atoms with van der Waals surface area (Å²) in [6, 6.07) is 0. The van der Waals surface area contributed by atoms with E-state index < -0.39 is 0 Å². The molecule has 3 heterocycles. The molecule has 0 spiro atoms. The molecule has 0 radical (unpaired) electrons. The van der Waals surface area contributed by atoms with Crippen LogP contribution in [0, 0.1) is 5.92 Å². The summed E-state index contributed by atoms with van der Waals surface area (Å²) in [4.78, 5) is 5.33. The van der Waals surface area contributed by atoms with Crippen molar-refractivity contribution in [2.24, 2.45) is 5.92 Å². The first-order valence-electron chi connectivity index (χ1n) is 8.67. The molecule has 0 amide bonds. The summed E-state index contributed by atoms with van der Waals surface area (Å²) < 4.78 is 5.78. The monoisotopic (exact) mass is 281 g/mol. The van der Waals surface area contributed by atoms with Crippen LogP contribution in [-0.4, -0.2) is 74.9 Å². The maximum absolute atomic E-state index is 5.78. The molecule has 0 saturated carbocycles. The van der Waals surface area contributed by atoms with Crippen LogP contribution in [0.3, 0.4) is 0 Å². The Labute approximate surface area is 123 Å². The fourth-order valence-corrected chi connectivity index (χ4v) is 3.85. The molecule has 3 fully saturated rings. The van der Waals surface area contributed by atoms with Gasteiger partial charge in [0.1, 0.15) is 0 Å². The minimum absolute atomic E-state index is 0.450. The first kappa shape index (κ1) is 14.8. The molecule has 4 heteroatoms. The molecule has 116 valence electrons. The molecule has 4 nitrogen and oxygen atoms in total. The zero-order chi connectivity index (χ0) is 13.6. The number of nitrogens with zero attached hydrogens (tertiary/aromatic N) is 2. The van der Waals surface area contributed by atoms with Crippen LogP contribution < -0.4 is 5.32 Å². The lowest BCUT2D eigenvalue weighted by Crippen LogP contribution is -2.42. The van der Waals surface area contributed by atoms with Crippen molar-refractivity contribution in [1.29, 1.82) is 0 Å². The summed E-state index contributed by atoms with van der Waals surface area (Å²) >= 11 is 0. The highest BCUT2D eigenvalue weighted by Gasteiger charge is 2.23. The van der Waals surface area contributed by atoms with Crippen molar-refractivity contribution in [1.82, 2.24) is 15.1 Å². The molecule has 1 unspecified atom stereocenters. The molecule has 1 atom stereocenters. The van der Waals surface area contributed by atoms with Gasteiger partial charge in [0.2, 0.25) is 0 Å². The minimum atomic E-state index is 0.450. The third-order valence-electron chi connectivity index (χ3n) is 5.19. The van der Waals surface area contributed by atoms with Crippen LogP contribution in [0.25, 0.3) is 0 Å². The topological polar surface area (TPSA) is 27.7 Å². The van der Waals surface area contributed by atoms with Crippen molar-refractivity contribution in [2.45, 2.75) is 38.2 Å². The fraction of sp³-hybridized carbons (Fsp3) is 1.00. The van der Waals surface area contributed by atoms with Gasteiger partial charge in [0.15, 0.2) is 0 Å². The van der Waals surface area contributed by atoms with Gasteiger partial charge in [0.05, 0.1) is 12.7 Å². The van der Waals surface area contributed by atoms with Crippen LogP contribution in [0.1, 0.15) is 32.1 Å². The van der Waals surface area contributed by atoms with Gasteiger partial charge in [-0.05, 0) is 64.2 Å². The highest BCUT2D eigenvalue weighted by atomic mass is 16.5. The summed E-state index contributed by atoms with van der Waals surface area (Å²) in [6.07, 6.45) is 7.30. The first-order valence-corrected chi connectivity index (χ1v) is 8.67. The number of hydrogen-bond donors (Lipinski definition) is 1. The molecular weight excluding hydrogens is 250 g/mol. The summed E-state index contributed by atoms with van der Waals surface area (Å²) in [7, 11) is 0. The summed E-state index contributed by atoms with van der Waals surface area (Å²) in [5, 5.41) is 3.42. The first-order chi connectivity index (χ1) is 9.90. The average molecular weight is 281 g/mol. The van der Waals surface area contributed by atoms with E-state index in [-0.39, 0.29) is 0 Å². The van der Waals surface area contributed by atoms with Gasteiger partial charge in [-0.15, -0.1) is 0 Å². The second-order valence-electron chi connectivity index (χ2n) is 6.78. The van der Waals surface area contributed by atoms with E-state index in [0.29, 0.717) is 6.10 Å². The van der Waals surface area contributed by atoms with Crippen molar-refractivity contribution in [3.05, 3.63) is 0 Å². The van der Waals surface area contributed by atoms with Gasteiger partial charge in [-0.3, -0.25) is 0 Å². The smallest absolute Gasteiger partial charge is 0.0712 e. The molecule has 3 aliphatic heterocycles. The number of hydrogen-bond acceptors (Lipinski definition) is 4. The molecule has 3 aliphatic rings. The van der Waals surface area contributed by atoms with Crippen molar-refractivity contribution in [2.75, 3.05) is 59.0 Å². The highest BCUT2D eigenvalue weighted by molar-refractivity contribution is 4.78. The Hall–Kier alpha value is -0.160. The molecule has 0 aromatic rings. The molecule has 0 aromatic carbocycles. The van der Waals surface area contributed by atoms with Gasteiger partial charge in [-0.2, -0.15) is 0 Å². The normalized spacial score (nSPS) is 30.9. The van der Waals surface area contributed by atoms with Crippen molar-refractivity contribution in [3.8, 4) is 0 Å². The SMILES string of the molecule is C1CCN(CC2CCN(CCC3CNCCO3)CC2)C1. The largest absolute Gasteiger partial charge is 0.376 e. The Morgan fingerprint density at radius 1 is 1.00 bits per heavy atom. The van der Waals surface area contributed by atoms with E-state index in [4.69, 9.17) is 4.74 Å². The van der Waals surface area contributed by atoms with E-state index in [1.54, 1.807) is 0 Å². The number of rotatable bonds is 5. The van der Waals surface area contributed by atoms with Crippen molar-refractivity contribution < 1.29 is 4.74 Å². The number of piperidine rings is 1. The van der Waals surface area contributed by atoms with E-state index in [0.717, 1.165) is 25.6 Å². The Kier molecular flexibility index (Phi) is 5.71. The van der Waals surface area contributed by atoms with E-state index in [2.05, 4.69) is 15.1 Å². The summed E-state index contributed by atoms with van der Waals surface area (Å²) in [5.74, 6) is 0.956. The second kappa shape index (κ2) is 7.74. The average Bonchev–Trinajstić information content (AvgIpc) is 3.01. The van der Waals surface area contributed by atoms with Crippen LogP contribution in [0.4, 0.5) is 0 Å². The predicted octanol–water partition coefficient (Wildman–Crippen LogP) is 1.17. The number of morpholine rings is 1. The van der Waals surface area contributed by atoms with Crippen LogP contribution in [0.5, 0.6) is 0 Å².